The van der Waals surface area contributed by atoms with Gasteiger partial charge in [-0.25, -0.2) is 9.97 Å². The molecule has 0 aliphatic heterocycles. The van der Waals surface area contributed by atoms with E-state index in [9.17, 15) is 13.6 Å². The van der Waals surface area contributed by atoms with Crippen molar-refractivity contribution >= 4 is 17.4 Å². The van der Waals surface area contributed by atoms with Crippen molar-refractivity contribution in [2.24, 2.45) is 0 Å². The molecule has 2 aromatic rings. The van der Waals surface area contributed by atoms with Crippen LogP contribution in [0.25, 0.3) is 11.3 Å². The Morgan fingerprint density at radius 1 is 1.27 bits per heavy atom. The van der Waals surface area contributed by atoms with Gasteiger partial charge in [0.15, 0.2) is 5.78 Å². The molecule has 0 aliphatic rings. The molecule has 0 fully saturated rings. The van der Waals surface area contributed by atoms with Gasteiger partial charge in [-0.1, -0.05) is 6.92 Å². The summed E-state index contributed by atoms with van der Waals surface area (Å²) in [6.45, 7) is 2.70. The highest BCUT2D eigenvalue weighted by Crippen LogP contribution is 2.27. The molecule has 0 atom stereocenters. The predicted molar refractivity (Wildman–Crippen MR) is 78.3 cm³/mol. The molecule has 1 heterocycles. The normalized spacial score (nSPS) is 11.3. The maximum Gasteiger partial charge on any atom is 0.397 e. The molecular formula is C15H13ClF2N2O2. The lowest BCUT2D eigenvalue weighted by Gasteiger charge is -2.16. The van der Waals surface area contributed by atoms with Crippen LogP contribution in [0.2, 0.25) is 5.28 Å². The quantitative estimate of drug-likeness (QED) is 0.604. The second-order valence-corrected chi connectivity index (χ2v) is 4.92. The molecule has 0 radical (unpaired) electrons. The van der Waals surface area contributed by atoms with Gasteiger partial charge < -0.3 is 4.74 Å². The summed E-state index contributed by atoms with van der Waals surface area (Å²) in [4.78, 5) is 19.2. The highest BCUT2D eigenvalue weighted by molar-refractivity contribution is 6.28. The Kier molecular flexibility index (Phi) is 4.71. The van der Waals surface area contributed by atoms with E-state index in [2.05, 4.69) is 14.7 Å². The van der Waals surface area contributed by atoms with Crippen molar-refractivity contribution in [2.45, 2.75) is 26.4 Å². The maximum absolute atomic E-state index is 13.2. The van der Waals surface area contributed by atoms with Crippen LogP contribution in [0.1, 0.15) is 30.8 Å². The number of rotatable bonds is 5. The van der Waals surface area contributed by atoms with E-state index in [1.165, 1.54) is 32.0 Å². The molecule has 0 aliphatic carbocycles. The van der Waals surface area contributed by atoms with Crippen molar-refractivity contribution < 1.29 is 18.3 Å². The van der Waals surface area contributed by atoms with E-state index in [-0.39, 0.29) is 22.5 Å². The first-order valence-electron chi connectivity index (χ1n) is 6.53. The average Bonchev–Trinajstić information content (AvgIpc) is 2.47. The largest absolute Gasteiger partial charge is 0.433 e. The first-order valence-corrected chi connectivity index (χ1v) is 6.91. The van der Waals surface area contributed by atoms with E-state index in [0.29, 0.717) is 11.3 Å². The van der Waals surface area contributed by atoms with E-state index in [4.69, 9.17) is 11.6 Å². The Morgan fingerprint density at radius 3 is 2.45 bits per heavy atom. The maximum atomic E-state index is 13.2. The summed E-state index contributed by atoms with van der Waals surface area (Å²) >= 11 is 5.78. The van der Waals surface area contributed by atoms with Gasteiger partial charge in [0.25, 0.3) is 0 Å². The third kappa shape index (κ3) is 3.98. The first-order chi connectivity index (χ1) is 10.3. The second kappa shape index (κ2) is 6.36. The van der Waals surface area contributed by atoms with Crippen molar-refractivity contribution in [1.29, 1.82) is 0 Å². The molecule has 4 nitrogen and oxygen atoms in total. The molecule has 2 rings (SSSR count). The number of aromatic nitrogens is 2. The van der Waals surface area contributed by atoms with Crippen LogP contribution in [0.5, 0.6) is 5.75 Å². The fraction of sp³-hybridized carbons (Fsp3) is 0.267. The van der Waals surface area contributed by atoms with Crippen molar-refractivity contribution in [1.82, 2.24) is 9.97 Å². The van der Waals surface area contributed by atoms with Gasteiger partial charge in [-0.3, -0.25) is 4.79 Å². The zero-order valence-corrected chi connectivity index (χ0v) is 12.7. The average molecular weight is 327 g/mol. The molecule has 7 heteroatoms. The van der Waals surface area contributed by atoms with Crippen molar-refractivity contribution in [3.05, 3.63) is 41.3 Å². The molecular weight excluding hydrogens is 314 g/mol. The second-order valence-electron chi connectivity index (χ2n) is 4.58. The number of alkyl halides is 2. The lowest BCUT2D eigenvalue weighted by atomic mass is 10.1. The highest BCUT2D eigenvalue weighted by atomic mass is 35.5. The monoisotopic (exact) mass is 326 g/mol. The van der Waals surface area contributed by atoms with Crippen LogP contribution in [0.4, 0.5) is 8.78 Å². The van der Waals surface area contributed by atoms with Gasteiger partial charge in [-0.05, 0) is 41.9 Å². The smallest absolute Gasteiger partial charge is 0.397 e. The summed E-state index contributed by atoms with van der Waals surface area (Å²) in [6, 6.07) is 7.42. The zero-order chi connectivity index (χ0) is 16.3. The van der Waals surface area contributed by atoms with Crippen LogP contribution >= 0.6 is 11.6 Å². The standard InChI is InChI=1S/C15H13ClF2N2O2/c1-3-15(17,18)22-11-6-4-10(5-7-11)13-8-12(9(2)21)19-14(16)20-13/h4-8H,3H2,1-2H3. The highest BCUT2D eigenvalue weighted by Gasteiger charge is 2.28. The first kappa shape index (κ1) is 16.3. The SMILES string of the molecule is CCC(F)(F)Oc1ccc(-c2cc(C(C)=O)nc(Cl)n2)cc1. The van der Waals surface area contributed by atoms with Gasteiger partial charge >= 0.3 is 6.11 Å². The van der Waals surface area contributed by atoms with Crippen LogP contribution in [-0.4, -0.2) is 21.9 Å². The van der Waals surface area contributed by atoms with Crippen molar-refractivity contribution in [3.8, 4) is 17.0 Å². The minimum atomic E-state index is -3.21. The van der Waals surface area contributed by atoms with Crippen molar-refractivity contribution in [3.63, 3.8) is 0 Å². The van der Waals surface area contributed by atoms with Gasteiger partial charge in [0.1, 0.15) is 11.4 Å². The summed E-state index contributed by atoms with van der Waals surface area (Å²) in [5, 5.41) is -0.0551. The molecule has 0 bridgehead atoms. The zero-order valence-electron chi connectivity index (χ0n) is 11.9. The number of halogens is 3. The van der Waals surface area contributed by atoms with E-state index in [1.807, 2.05) is 0 Å². The molecule has 0 saturated heterocycles. The minimum absolute atomic E-state index is 0.0440. The number of hydrogen-bond donors (Lipinski definition) is 0. The topological polar surface area (TPSA) is 52.1 Å². The van der Waals surface area contributed by atoms with Crippen LogP contribution in [-0.2, 0) is 0 Å². The summed E-state index contributed by atoms with van der Waals surface area (Å²) < 4.78 is 30.9. The van der Waals surface area contributed by atoms with Crippen LogP contribution < -0.4 is 4.74 Å². The third-order valence-corrected chi connectivity index (χ3v) is 3.06. The molecule has 116 valence electrons. The molecule has 0 unspecified atom stereocenters. The molecule has 0 N–H and O–H groups in total. The summed E-state index contributed by atoms with van der Waals surface area (Å²) in [6.07, 6.45) is -3.63. The molecule has 1 aromatic heterocycles. The van der Waals surface area contributed by atoms with Gasteiger partial charge in [0.2, 0.25) is 5.28 Å². The van der Waals surface area contributed by atoms with Crippen LogP contribution in [0.3, 0.4) is 0 Å². The Balaban J connectivity index is 2.29. The van der Waals surface area contributed by atoms with Crippen LogP contribution in [0, 0.1) is 0 Å². The Bertz CT molecular complexity index is 690. The summed E-state index contributed by atoms with van der Waals surface area (Å²) in [7, 11) is 0. The number of Topliss-reactive ketones (excluding diaryl/α,β-unsaturated/α-hetero) is 1. The van der Waals surface area contributed by atoms with Gasteiger partial charge in [0.05, 0.1) is 5.69 Å². The third-order valence-electron chi connectivity index (χ3n) is 2.89. The Morgan fingerprint density at radius 2 is 1.91 bits per heavy atom. The Labute approximate surface area is 131 Å². The van der Waals surface area contributed by atoms with E-state index in [0.717, 1.165) is 0 Å². The summed E-state index contributed by atoms with van der Waals surface area (Å²) in [5.74, 6) is -0.198. The van der Waals surface area contributed by atoms with Gasteiger partial charge in [-0.2, -0.15) is 8.78 Å². The van der Waals surface area contributed by atoms with Gasteiger partial charge in [0, 0.05) is 18.9 Å². The fourth-order valence-corrected chi connectivity index (χ4v) is 1.87. The van der Waals surface area contributed by atoms with Gasteiger partial charge in [-0.15, -0.1) is 0 Å². The molecule has 1 aromatic carbocycles. The molecule has 0 amide bonds. The van der Waals surface area contributed by atoms with Crippen LogP contribution in [0.15, 0.2) is 30.3 Å². The molecule has 0 spiro atoms. The number of ketones is 1. The number of nitrogens with zero attached hydrogens (tertiary/aromatic N) is 2. The number of ether oxygens (including phenoxy) is 1. The lowest BCUT2D eigenvalue weighted by molar-refractivity contribution is -0.177. The molecule has 22 heavy (non-hydrogen) atoms. The predicted octanol–water partition coefficient (Wildman–Crippen LogP) is 4.38. The van der Waals surface area contributed by atoms with E-state index in [1.54, 1.807) is 12.1 Å². The number of hydrogen-bond acceptors (Lipinski definition) is 4. The lowest BCUT2D eigenvalue weighted by Crippen LogP contribution is -2.22. The number of benzene rings is 1. The van der Waals surface area contributed by atoms with E-state index >= 15 is 0 Å². The number of carbonyl (C=O) groups is 1. The molecule has 0 saturated carbocycles. The summed E-state index contributed by atoms with van der Waals surface area (Å²) in [5.41, 5.74) is 1.23. The Hall–Kier alpha value is -2.08. The number of carbonyl (C=O) groups excluding carboxylic acids is 1. The minimum Gasteiger partial charge on any atom is -0.433 e. The fourth-order valence-electron chi connectivity index (χ4n) is 1.68. The van der Waals surface area contributed by atoms with E-state index < -0.39 is 12.5 Å². The van der Waals surface area contributed by atoms with Crippen molar-refractivity contribution in [2.75, 3.05) is 0 Å².